The van der Waals surface area contributed by atoms with Gasteiger partial charge in [0.1, 0.15) is 17.1 Å². The van der Waals surface area contributed by atoms with Crippen molar-refractivity contribution >= 4 is 17.4 Å². The third-order valence-electron chi connectivity index (χ3n) is 5.08. The molecule has 2 N–H and O–H groups in total. The zero-order chi connectivity index (χ0) is 21.3. The maximum atomic E-state index is 13.2. The molecule has 0 radical (unpaired) electrons. The maximum Gasteiger partial charge on any atom is 0.335 e. The number of aromatic nitrogens is 2. The van der Waals surface area contributed by atoms with Crippen LogP contribution in [0.3, 0.4) is 0 Å². The molecule has 4 rings (SSSR count). The van der Waals surface area contributed by atoms with Crippen LogP contribution in [0, 0.1) is 5.92 Å². The summed E-state index contributed by atoms with van der Waals surface area (Å²) >= 11 is 0. The van der Waals surface area contributed by atoms with E-state index in [0.717, 1.165) is 18.4 Å². The highest BCUT2D eigenvalue weighted by atomic mass is 16.4. The number of carbonyl (C=O) groups excluding carboxylic acids is 1. The standard InChI is InChI=1S/C23H21N3O4/c1-14(27)21-20(16-5-3-2-4-6-16)24-19(13-15-7-8-15)22(28)26(21)25-18-11-9-17(10-12-18)23(29)30/h2-6,9-12,15,25H,7-8,13H2,1H3,(H,29,30). The molecular weight excluding hydrogens is 382 g/mol. The van der Waals surface area contributed by atoms with Gasteiger partial charge >= 0.3 is 5.97 Å². The summed E-state index contributed by atoms with van der Waals surface area (Å²) in [6.07, 6.45) is 2.71. The number of Topliss-reactive ketones (excluding diaryl/α,β-unsaturated/α-hetero) is 1. The summed E-state index contributed by atoms with van der Waals surface area (Å²) in [5, 5.41) is 9.09. The first-order valence-electron chi connectivity index (χ1n) is 9.76. The number of hydrogen-bond acceptors (Lipinski definition) is 5. The average Bonchev–Trinajstić information content (AvgIpc) is 3.55. The predicted molar refractivity (Wildman–Crippen MR) is 113 cm³/mol. The van der Waals surface area contributed by atoms with E-state index >= 15 is 0 Å². The molecular formula is C23H21N3O4. The number of nitrogens with one attached hydrogen (secondary N) is 1. The highest BCUT2D eigenvalue weighted by Crippen LogP contribution is 2.32. The number of ketones is 1. The molecule has 0 unspecified atom stereocenters. The Kier molecular flexibility index (Phi) is 5.18. The fraction of sp³-hybridized carbons (Fsp3) is 0.217. The van der Waals surface area contributed by atoms with Crippen molar-refractivity contribution in [1.29, 1.82) is 0 Å². The smallest absolute Gasteiger partial charge is 0.335 e. The van der Waals surface area contributed by atoms with Gasteiger partial charge in [-0.1, -0.05) is 30.3 Å². The van der Waals surface area contributed by atoms with Gasteiger partial charge in [-0.05, 0) is 49.4 Å². The van der Waals surface area contributed by atoms with Crippen LogP contribution in [0.5, 0.6) is 0 Å². The highest BCUT2D eigenvalue weighted by Gasteiger charge is 2.27. The van der Waals surface area contributed by atoms with Gasteiger partial charge in [-0.2, -0.15) is 0 Å². The number of carboxylic acids is 1. The molecule has 7 heteroatoms. The van der Waals surface area contributed by atoms with Gasteiger partial charge in [-0.15, -0.1) is 0 Å². The number of carboxylic acid groups (broad SMARTS) is 1. The van der Waals surface area contributed by atoms with E-state index in [1.54, 1.807) is 12.1 Å². The minimum Gasteiger partial charge on any atom is -0.478 e. The van der Waals surface area contributed by atoms with E-state index in [1.165, 1.54) is 23.7 Å². The second-order valence-electron chi connectivity index (χ2n) is 7.46. The zero-order valence-corrected chi connectivity index (χ0v) is 16.5. The van der Waals surface area contributed by atoms with Crippen LogP contribution in [-0.2, 0) is 6.42 Å². The summed E-state index contributed by atoms with van der Waals surface area (Å²) in [5.41, 5.74) is 5.01. The second-order valence-corrected chi connectivity index (χ2v) is 7.46. The Balaban J connectivity index is 1.87. The first-order valence-corrected chi connectivity index (χ1v) is 9.76. The van der Waals surface area contributed by atoms with Crippen LogP contribution in [0.15, 0.2) is 59.4 Å². The summed E-state index contributed by atoms with van der Waals surface area (Å²) in [5.74, 6) is -0.892. The van der Waals surface area contributed by atoms with Crippen LogP contribution in [0.25, 0.3) is 11.3 Å². The minimum atomic E-state index is -1.04. The lowest BCUT2D eigenvalue weighted by Crippen LogP contribution is -2.35. The Bertz CT molecular complexity index is 1160. The lowest BCUT2D eigenvalue weighted by Gasteiger charge is -2.18. The fourth-order valence-electron chi connectivity index (χ4n) is 3.35. The van der Waals surface area contributed by atoms with Crippen molar-refractivity contribution in [2.24, 2.45) is 5.92 Å². The quantitative estimate of drug-likeness (QED) is 0.584. The van der Waals surface area contributed by atoms with Crippen LogP contribution >= 0.6 is 0 Å². The number of hydrogen-bond donors (Lipinski definition) is 2. The summed E-state index contributed by atoms with van der Waals surface area (Å²) in [6.45, 7) is 1.40. The van der Waals surface area contributed by atoms with Crippen molar-refractivity contribution in [3.63, 3.8) is 0 Å². The van der Waals surface area contributed by atoms with Crippen molar-refractivity contribution in [1.82, 2.24) is 9.66 Å². The Labute approximate surface area is 173 Å². The van der Waals surface area contributed by atoms with E-state index in [9.17, 15) is 14.4 Å². The molecule has 152 valence electrons. The van der Waals surface area contributed by atoms with E-state index in [4.69, 9.17) is 5.11 Å². The second kappa shape index (κ2) is 7.94. The Morgan fingerprint density at radius 2 is 1.77 bits per heavy atom. The number of benzene rings is 2. The lowest BCUT2D eigenvalue weighted by molar-refractivity contribution is 0.0696. The van der Waals surface area contributed by atoms with E-state index in [-0.39, 0.29) is 22.6 Å². The minimum absolute atomic E-state index is 0.133. The molecule has 1 aliphatic carbocycles. The Morgan fingerprint density at radius 3 is 2.33 bits per heavy atom. The number of rotatable bonds is 7. The van der Waals surface area contributed by atoms with E-state index in [2.05, 4.69) is 10.4 Å². The van der Waals surface area contributed by atoms with E-state index in [0.29, 0.717) is 29.4 Å². The van der Waals surface area contributed by atoms with E-state index < -0.39 is 5.97 Å². The maximum absolute atomic E-state index is 13.2. The first kappa shape index (κ1) is 19.6. The topological polar surface area (TPSA) is 101 Å². The molecule has 0 atom stereocenters. The Morgan fingerprint density at radius 1 is 1.10 bits per heavy atom. The number of aromatic carboxylic acids is 1. The summed E-state index contributed by atoms with van der Waals surface area (Å²) in [6, 6.07) is 15.3. The molecule has 7 nitrogen and oxygen atoms in total. The summed E-state index contributed by atoms with van der Waals surface area (Å²) < 4.78 is 1.24. The van der Waals surface area contributed by atoms with Crippen molar-refractivity contribution < 1.29 is 14.7 Å². The largest absolute Gasteiger partial charge is 0.478 e. The molecule has 1 aromatic heterocycles. The van der Waals surface area contributed by atoms with Crippen LogP contribution in [-0.4, -0.2) is 26.5 Å². The molecule has 3 aromatic rings. The van der Waals surface area contributed by atoms with Crippen LogP contribution in [0.4, 0.5) is 5.69 Å². The molecule has 0 spiro atoms. The fourth-order valence-corrected chi connectivity index (χ4v) is 3.35. The molecule has 1 heterocycles. The van der Waals surface area contributed by atoms with Crippen molar-refractivity contribution in [3.8, 4) is 11.3 Å². The highest BCUT2D eigenvalue weighted by molar-refractivity contribution is 5.98. The van der Waals surface area contributed by atoms with E-state index in [1.807, 2.05) is 30.3 Å². The average molecular weight is 403 g/mol. The number of carbonyl (C=O) groups is 2. The summed E-state index contributed by atoms with van der Waals surface area (Å²) in [4.78, 5) is 41.5. The molecule has 0 saturated heterocycles. The lowest BCUT2D eigenvalue weighted by atomic mass is 10.1. The molecule has 30 heavy (non-hydrogen) atoms. The van der Waals surface area contributed by atoms with Crippen LogP contribution in [0.2, 0.25) is 0 Å². The number of nitrogens with zero attached hydrogens (tertiary/aromatic N) is 2. The monoisotopic (exact) mass is 403 g/mol. The van der Waals surface area contributed by atoms with Gasteiger partial charge in [0.15, 0.2) is 5.78 Å². The zero-order valence-electron chi connectivity index (χ0n) is 16.5. The van der Waals surface area contributed by atoms with Gasteiger partial charge in [0.25, 0.3) is 5.56 Å². The third-order valence-corrected chi connectivity index (χ3v) is 5.08. The normalized spacial score (nSPS) is 13.1. The van der Waals surface area contributed by atoms with Gasteiger partial charge in [-0.25, -0.2) is 14.5 Å². The van der Waals surface area contributed by atoms with Gasteiger partial charge in [0.05, 0.1) is 11.3 Å². The van der Waals surface area contributed by atoms with Crippen LogP contribution < -0.4 is 11.0 Å². The van der Waals surface area contributed by atoms with Gasteiger partial charge < -0.3 is 5.11 Å². The van der Waals surface area contributed by atoms with Crippen LogP contribution in [0.1, 0.15) is 46.3 Å². The Hall–Kier alpha value is -3.74. The SMILES string of the molecule is CC(=O)c1c(-c2ccccc2)nc(CC2CC2)c(=O)n1Nc1ccc(C(=O)O)cc1. The van der Waals surface area contributed by atoms with Crippen molar-refractivity contribution in [3.05, 3.63) is 81.9 Å². The number of anilines is 1. The molecule has 2 aromatic carbocycles. The molecule has 1 saturated carbocycles. The molecule has 0 amide bonds. The third kappa shape index (κ3) is 4.00. The predicted octanol–water partition coefficient (Wildman–Crippen LogP) is 3.64. The van der Waals surface area contributed by atoms with Crippen molar-refractivity contribution in [2.75, 3.05) is 5.43 Å². The van der Waals surface area contributed by atoms with Gasteiger partial charge in [-0.3, -0.25) is 15.0 Å². The summed E-state index contributed by atoms with van der Waals surface area (Å²) in [7, 11) is 0. The van der Waals surface area contributed by atoms with Gasteiger partial charge in [0.2, 0.25) is 0 Å². The molecule has 1 fully saturated rings. The van der Waals surface area contributed by atoms with Crippen molar-refractivity contribution in [2.45, 2.75) is 26.2 Å². The molecule has 0 bridgehead atoms. The molecule has 0 aliphatic heterocycles. The first-order chi connectivity index (χ1) is 14.4. The molecule has 1 aliphatic rings. The van der Waals surface area contributed by atoms with Gasteiger partial charge in [0, 0.05) is 12.5 Å².